The molecule has 1 aliphatic rings. The summed E-state index contributed by atoms with van der Waals surface area (Å²) in [4.78, 5) is 8.27. The minimum absolute atomic E-state index is 0.462. The summed E-state index contributed by atoms with van der Waals surface area (Å²) in [6.07, 6.45) is 2.23. The molecule has 0 unspecified atom stereocenters. The van der Waals surface area contributed by atoms with Gasteiger partial charge in [0, 0.05) is 34.1 Å². The number of halogens is 1. The molecule has 0 aliphatic carbocycles. The number of aryl methyl sites for hydroxylation is 1. The molecular formula is C13H16BrN3OS. The quantitative estimate of drug-likeness (QED) is 0.855. The normalized spacial score (nSPS) is 18.0. The second kappa shape index (κ2) is 5.73. The first-order chi connectivity index (χ1) is 9.20. The number of hydrogen-bond donors (Lipinski definition) is 0. The van der Waals surface area contributed by atoms with Crippen LogP contribution in [-0.4, -0.2) is 28.1 Å². The minimum Gasteiger partial charge on any atom is -0.340 e. The van der Waals surface area contributed by atoms with Crippen LogP contribution in [-0.2, 0) is 6.54 Å². The van der Waals surface area contributed by atoms with Crippen LogP contribution in [0.25, 0.3) is 0 Å². The fourth-order valence-electron chi connectivity index (χ4n) is 2.49. The van der Waals surface area contributed by atoms with Crippen molar-refractivity contribution >= 4 is 27.3 Å². The van der Waals surface area contributed by atoms with Gasteiger partial charge in [0.1, 0.15) is 0 Å². The summed E-state index contributed by atoms with van der Waals surface area (Å²) in [5.41, 5.74) is 0. The Labute approximate surface area is 124 Å². The minimum atomic E-state index is 0.462. The molecule has 1 aliphatic heterocycles. The molecule has 0 N–H and O–H groups in total. The van der Waals surface area contributed by atoms with Crippen molar-refractivity contribution in [1.29, 1.82) is 0 Å². The Balaban J connectivity index is 1.54. The summed E-state index contributed by atoms with van der Waals surface area (Å²) in [7, 11) is 0. The molecule has 1 fully saturated rings. The molecule has 19 heavy (non-hydrogen) atoms. The van der Waals surface area contributed by atoms with Crippen molar-refractivity contribution in [3.8, 4) is 0 Å². The van der Waals surface area contributed by atoms with Crippen molar-refractivity contribution in [2.45, 2.75) is 32.2 Å². The predicted molar refractivity (Wildman–Crippen MR) is 78.3 cm³/mol. The van der Waals surface area contributed by atoms with E-state index >= 15 is 0 Å². The number of thiophene rings is 1. The summed E-state index contributed by atoms with van der Waals surface area (Å²) in [6, 6.07) is 2.21. The van der Waals surface area contributed by atoms with E-state index in [4.69, 9.17) is 4.52 Å². The Morgan fingerprint density at radius 3 is 2.84 bits per heavy atom. The first kappa shape index (κ1) is 13.3. The average molecular weight is 342 g/mol. The summed E-state index contributed by atoms with van der Waals surface area (Å²) in [6.45, 7) is 5.11. The van der Waals surface area contributed by atoms with Crippen LogP contribution < -0.4 is 0 Å². The summed E-state index contributed by atoms with van der Waals surface area (Å²) >= 11 is 5.32. The zero-order valence-electron chi connectivity index (χ0n) is 10.8. The monoisotopic (exact) mass is 341 g/mol. The van der Waals surface area contributed by atoms with Gasteiger partial charge in [-0.15, -0.1) is 11.3 Å². The van der Waals surface area contributed by atoms with Gasteiger partial charge in [0.25, 0.3) is 0 Å². The lowest BCUT2D eigenvalue weighted by Crippen LogP contribution is -2.32. The van der Waals surface area contributed by atoms with E-state index in [1.54, 1.807) is 0 Å². The van der Waals surface area contributed by atoms with E-state index in [9.17, 15) is 0 Å². The zero-order chi connectivity index (χ0) is 13.2. The number of hydrogen-bond acceptors (Lipinski definition) is 5. The lowest BCUT2D eigenvalue weighted by Gasteiger charge is -2.30. The maximum absolute atomic E-state index is 5.06. The highest BCUT2D eigenvalue weighted by atomic mass is 79.9. The third kappa shape index (κ3) is 3.24. The van der Waals surface area contributed by atoms with E-state index < -0.39 is 0 Å². The number of aromatic nitrogens is 2. The van der Waals surface area contributed by atoms with Gasteiger partial charge in [-0.2, -0.15) is 4.98 Å². The lowest BCUT2D eigenvalue weighted by atomic mass is 9.96. The van der Waals surface area contributed by atoms with Crippen molar-refractivity contribution < 1.29 is 4.52 Å². The van der Waals surface area contributed by atoms with Crippen LogP contribution in [0.5, 0.6) is 0 Å². The average Bonchev–Trinajstić information content (AvgIpc) is 3.00. The fraction of sp³-hybridized carbons (Fsp3) is 0.538. The van der Waals surface area contributed by atoms with Gasteiger partial charge in [-0.05, 0) is 47.9 Å². The molecule has 4 nitrogen and oxygen atoms in total. The number of rotatable bonds is 3. The van der Waals surface area contributed by atoms with Gasteiger partial charge >= 0.3 is 0 Å². The Morgan fingerprint density at radius 2 is 2.26 bits per heavy atom. The third-order valence-corrected chi connectivity index (χ3v) is 5.18. The molecule has 102 valence electrons. The van der Waals surface area contributed by atoms with Crippen molar-refractivity contribution in [2.75, 3.05) is 13.1 Å². The Kier molecular flexibility index (Phi) is 4.00. The van der Waals surface area contributed by atoms with Crippen LogP contribution in [0.1, 0.15) is 35.4 Å². The first-order valence-corrected chi connectivity index (χ1v) is 8.13. The van der Waals surface area contributed by atoms with Gasteiger partial charge in [-0.1, -0.05) is 5.16 Å². The molecule has 0 radical (unpaired) electrons. The van der Waals surface area contributed by atoms with Gasteiger partial charge in [0.15, 0.2) is 5.82 Å². The highest BCUT2D eigenvalue weighted by molar-refractivity contribution is 9.10. The molecule has 0 spiro atoms. The smallest absolute Gasteiger partial charge is 0.223 e. The fourth-order valence-corrected chi connectivity index (χ4v) is 3.98. The molecule has 3 rings (SSSR count). The summed E-state index contributed by atoms with van der Waals surface area (Å²) in [5.74, 6) is 2.01. The van der Waals surface area contributed by atoms with Crippen molar-refractivity contribution in [1.82, 2.24) is 15.0 Å². The molecule has 1 saturated heterocycles. The van der Waals surface area contributed by atoms with Gasteiger partial charge in [0.05, 0.1) is 0 Å². The highest BCUT2D eigenvalue weighted by Crippen LogP contribution is 2.28. The SMILES string of the molecule is Cc1nc(C2CCN(Cc3cc(Br)cs3)CC2)no1. The van der Waals surface area contributed by atoms with Crippen LogP contribution in [0.3, 0.4) is 0 Å². The third-order valence-electron chi connectivity index (χ3n) is 3.50. The molecule has 0 aromatic carbocycles. The molecular weight excluding hydrogens is 326 g/mol. The summed E-state index contributed by atoms with van der Waals surface area (Å²) in [5, 5.41) is 6.19. The number of likely N-dealkylation sites (tertiary alicyclic amines) is 1. The predicted octanol–water partition coefficient (Wildman–Crippen LogP) is 3.58. The van der Waals surface area contributed by atoms with Crippen molar-refractivity contribution in [2.24, 2.45) is 0 Å². The van der Waals surface area contributed by atoms with Crippen LogP contribution in [0.4, 0.5) is 0 Å². The highest BCUT2D eigenvalue weighted by Gasteiger charge is 2.24. The topological polar surface area (TPSA) is 42.2 Å². The van der Waals surface area contributed by atoms with Crippen LogP contribution >= 0.6 is 27.3 Å². The molecule has 2 aromatic heterocycles. The molecule has 0 saturated carbocycles. The maximum Gasteiger partial charge on any atom is 0.223 e. The second-order valence-corrected chi connectivity index (χ2v) is 6.86. The van der Waals surface area contributed by atoms with Gasteiger partial charge < -0.3 is 4.52 Å². The number of piperidine rings is 1. The van der Waals surface area contributed by atoms with E-state index in [-0.39, 0.29) is 0 Å². The zero-order valence-corrected chi connectivity index (χ0v) is 13.2. The second-order valence-electron chi connectivity index (χ2n) is 4.95. The molecule has 0 amide bonds. The maximum atomic E-state index is 5.06. The molecule has 0 bridgehead atoms. The molecule has 0 atom stereocenters. The van der Waals surface area contributed by atoms with E-state index in [0.717, 1.165) is 38.3 Å². The number of nitrogens with zero attached hydrogens (tertiary/aromatic N) is 3. The largest absolute Gasteiger partial charge is 0.340 e. The van der Waals surface area contributed by atoms with Crippen LogP contribution in [0, 0.1) is 6.92 Å². The van der Waals surface area contributed by atoms with E-state index in [2.05, 4.69) is 42.4 Å². The molecule has 2 aromatic rings. The van der Waals surface area contributed by atoms with E-state index in [0.29, 0.717) is 11.8 Å². The Morgan fingerprint density at radius 1 is 1.47 bits per heavy atom. The lowest BCUT2D eigenvalue weighted by molar-refractivity contribution is 0.201. The van der Waals surface area contributed by atoms with Crippen LogP contribution in [0.2, 0.25) is 0 Å². The standard InChI is InChI=1S/C13H16BrN3OS/c1-9-15-13(16-18-9)10-2-4-17(5-3-10)7-12-6-11(14)8-19-12/h6,8,10H,2-5,7H2,1H3. The van der Waals surface area contributed by atoms with Gasteiger partial charge in [-0.25, -0.2) is 0 Å². The molecule has 6 heteroatoms. The first-order valence-electron chi connectivity index (χ1n) is 6.46. The molecule has 3 heterocycles. The van der Waals surface area contributed by atoms with Crippen molar-refractivity contribution in [3.63, 3.8) is 0 Å². The van der Waals surface area contributed by atoms with Gasteiger partial charge in [-0.3, -0.25) is 4.90 Å². The van der Waals surface area contributed by atoms with E-state index in [1.807, 2.05) is 18.3 Å². The van der Waals surface area contributed by atoms with Gasteiger partial charge in [0.2, 0.25) is 5.89 Å². The van der Waals surface area contributed by atoms with E-state index in [1.165, 1.54) is 9.35 Å². The van der Waals surface area contributed by atoms with Crippen LogP contribution in [0.15, 0.2) is 20.4 Å². The van der Waals surface area contributed by atoms with Crippen molar-refractivity contribution in [3.05, 3.63) is 32.5 Å². The summed E-state index contributed by atoms with van der Waals surface area (Å²) < 4.78 is 6.25. The Bertz CT molecular complexity index is 546. The Hall–Kier alpha value is -0.720.